The molecule has 7 heteroatoms. The number of hydrogen-bond acceptors (Lipinski definition) is 5. The van der Waals surface area contributed by atoms with Gasteiger partial charge in [-0.3, -0.25) is 9.59 Å². The van der Waals surface area contributed by atoms with Crippen LogP contribution in [0.3, 0.4) is 0 Å². The number of hydrogen-bond donors (Lipinski definition) is 2. The van der Waals surface area contributed by atoms with Crippen LogP contribution in [0, 0.1) is 11.3 Å². The zero-order valence-corrected chi connectivity index (χ0v) is 25.4. The molecule has 1 aromatic heterocycles. The van der Waals surface area contributed by atoms with Crippen LogP contribution in [0.1, 0.15) is 142 Å². The lowest BCUT2D eigenvalue weighted by molar-refractivity contribution is -0.141. The largest absolute Gasteiger partial charge is 0.481 e. The molecule has 40 heavy (non-hydrogen) atoms. The molecule has 1 aromatic carbocycles. The van der Waals surface area contributed by atoms with E-state index in [2.05, 4.69) is 22.4 Å². The van der Waals surface area contributed by atoms with Gasteiger partial charge in [-0.1, -0.05) is 153 Å². The molecule has 2 N–H and O–H groups in total. The average Bonchev–Trinajstić information content (AvgIpc) is 3.40. The van der Waals surface area contributed by atoms with E-state index in [-0.39, 0.29) is 12.3 Å². The summed E-state index contributed by atoms with van der Waals surface area (Å²) in [4.78, 5) is 29.4. The van der Waals surface area contributed by atoms with Crippen LogP contribution in [0.5, 0.6) is 0 Å². The third-order valence-corrected chi connectivity index (χ3v) is 7.57. The molecule has 0 radical (unpaired) electrons. The second kappa shape index (κ2) is 18.6. The van der Waals surface area contributed by atoms with E-state index in [0.29, 0.717) is 18.1 Å². The molecular formula is C33H53N3O4. The maximum Gasteiger partial charge on any atom is 0.304 e. The SMILES string of the molecule is CCCCCCCCCCCCCCCC[C@@H](CC(=O)O)C(=O)N[C@H](c1nc(-c2ccccc2)no1)C(C)(C)C. The number of amides is 1. The molecule has 0 aliphatic carbocycles. The van der Waals surface area contributed by atoms with Crippen LogP contribution < -0.4 is 5.32 Å². The Hall–Kier alpha value is -2.70. The second-order valence-corrected chi connectivity index (χ2v) is 12.3. The first-order chi connectivity index (χ1) is 19.2. The molecule has 0 bridgehead atoms. The summed E-state index contributed by atoms with van der Waals surface area (Å²) in [5.41, 5.74) is 0.428. The summed E-state index contributed by atoms with van der Waals surface area (Å²) in [6.45, 7) is 8.23. The van der Waals surface area contributed by atoms with Gasteiger partial charge in [0.05, 0.1) is 6.42 Å². The second-order valence-electron chi connectivity index (χ2n) is 12.3. The predicted octanol–water partition coefficient (Wildman–Crippen LogP) is 8.90. The van der Waals surface area contributed by atoms with E-state index >= 15 is 0 Å². The van der Waals surface area contributed by atoms with E-state index in [1.165, 1.54) is 70.6 Å². The summed E-state index contributed by atoms with van der Waals surface area (Å²) in [6.07, 6.45) is 18.0. The smallest absolute Gasteiger partial charge is 0.304 e. The highest BCUT2D eigenvalue weighted by Crippen LogP contribution is 2.33. The van der Waals surface area contributed by atoms with Crippen molar-refractivity contribution in [3.8, 4) is 11.4 Å². The zero-order chi connectivity index (χ0) is 29.2. The fourth-order valence-corrected chi connectivity index (χ4v) is 5.09. The number of benzene rings is 1. The van der Waals surface area contributed by atoms with Crippen molar-refractivity contribution >= 4 is 11.9 Å². The normalized spacial score (nSPS) is 13.2. The van der Waals surface area contributed by atoms with Gasteiger partial charge in [0, 0.05) is 11.5 Å². The van der Waals surface area contributed by atoms with Crippen LogP contribution >= 0.6 is 0 Å². The molecule has 2 aromatic rings. The van der Waals surface area contributed by atoms with Crippen molar-refractivity contribution in [2.75, 3.05) is 0 Å². The van der Waals surface area contributed by atoms with Crippen LogP contribution in [-0.4, -0.2) is 27.1 Å². The van der Waals surface area contributed by atoms with Gasteiger partial charge in [-0.15, -0.1) is 0 Å². The van der Waals surface area contributed by atoms with Gasteiger partial charge >= 0.3 is 5.97 Å². The summed E-state index contributed by atoms with van der Waals surface area (Å²) < 4.78 is 5.56. The molecular weight excluding hydrogens is 502 g/mol. The van der Waals surface area contributed by atoms with E-state index in [1.54, 1.807) is 0 Å². The summed E-state index contributed by atoms with van der Waals surface area (Å²) in [5, 5.41) is 16.6. The molecule has 1 heterocycles. The Kier molecular flexibility index (Phi) is 15.6. The number of nitrogens with zero attached hydrogens (tertiary/aromatic N) is 2. The zero-order valence-electron chi connectivity index (χ0n) is 25.4. The first-order valence-corrected chi connectivity index (χ1v) is 15.6. The molecule has 7 nitrogen and oxygen atoms in total. The Bertz CT molecular complexity index is 968. The number of aliphatic carboxylic acids is 1. The van der Waals surface area contributed by atoms with Crippen LogP contribution in [0.25, 0.3) is 11.4 Å². The quantitative estimate of drug-likeness (QED) is 0.149. The number of aromatic nitrogens is 2. The Morgan fingerprint density at radius 3 is 1.88 bits per heavy atom. The van der Waals surface area contributed by atoms with E-state index in [4.69, 9.17) is 4.52 Å². The number of nitrogens with one attached hydrogen (secondary N) is 1. The molecule has 2 rings (SSSR count). The first-order valence-electron chi connectivity index (χ1n) is 15.6. The van der Waals surface area contributed by atoms with Gasteiger partial charge < -0.3 is 14.9 Å². The molecule has 0 saturated heterocycles. The third-order valence-electron chi connectivity index (χ3n) is 7.57. The minimum absolute atomic E-state index is 0.180. The number of carbonyl (C=O) groups excluding carboxylic acids is 1. The summed E-state index contributed by atoms with van der Waals surface area (Å²) >= 11 is 0. The van der Waals surface area contributed by atoms with Gasteiger partial charge in [0.25, 0.3) is 0 Å². The Labute approximate surface area is 241 Å². The van der Waals surface area contributed by atoms with Gasteiger partial charge in [0.2, 0.25) is 17.6 Å². The summed E-state index contributed by atoms with van der Waals surface area (Å²) in [7, 11) is 0. The molecule has 0 unspecified atom stereocenters. The van der Waals surface area contributed by atoms with Crippen molar-refractivity contribution in [1.29, 1.82) is 0 Å². The summed E-state index contributed by atoms with van der Waals surface area (Å²) in [6, 6.07) is 9.00. The highest BCUT2D eigenvalue weighted by molar-refractivity contribution is 5.83. The maximum atomic E-state index is 13.3. The molecule has 0 saturated carbocycles. The molecule has 2 atom stereocenters. The lowest BCUT2D eigenvalue weighted by Crippen LogP contribution is -2.40. The van der Waals surface area contributed by atoms with E-state index in [9.17, 15) is 14.7 Å². The van der Waals surface area contributed by atoms with Gasteiger partial charge in [-0.2, -0.15) is 4.98 Å². The van der Waals surface area contributed by atoms with E-state index < -0.39 is 23.3 Å². The summed E-state index contributed by atoms with van der Waals surface area (Å²) in [5.74, 6) is -1.02. The lowest BCUT2D eigenvalue weighted by atomic mass is 9.85. The van der Waals surface area contributed by atoms with Crippen molar-refractivity contribution in [2.24, 2.45) is 11.3 Å². The van der Waals surface area contributed by atoms with Crippen LogP contribution in [0.15, 0.2) is 34.9 Å². The number of carboxylic acid groups (broad SMARTS) is 1. The molecule has 0 aliphatic heterocycles. The Morgan fingerprint density at radius 1 is 0.850 bits per heavy atom. The molecule has 0 spiro atoms. The van der Waals surface area contributed by atoms with Crippen LogP contribution in [0.4, 0.5) is 0 Å². The molecule has 0 aliphatic rings. The van der Waals surface area contributed by atoms with Gasteiger partial charge in [-0.05, 0) is 11.8 Å². The van der Waals surface area contributed by atoms with E-state index in [1.807, 2.05) is 51.1 Å². The highest BCUT2D eigenvalue weighted by atomic mass is 16.5. The molecule has 0 fully saturated rings. The Morgan fingerprint density at radius 2 is 1.38 bits per heavy atom. The average molecular weight is 556 g/mol. The van der Waals surface area contributed by atoms with Crippen molar-refractivity contribution in [3.05, 3.63) is 36.2 Å². The van der Waals surface area contributed by atoms with E-state index in [0.717, 1.165) is 24.8 Å². The molecule has 1 amide bonds. The number of carbonyl (C=O) groups is 2. The number of carboxylic acids is 1. The topological polar surface area (TPSA) is 105 Å². The third kappa shape index (κ3) is 13.1. The van der Waals surface area contributed by atoms with Crippen LogP contribution in [0.2, 0.25) is 0 Å². The van der Waals surface area contributed by atoms with Crippen molar-refractivity contribution < 1.29 is 19.2 Å². The van der Waals surface area contributed by atoms with Crippen molar-refractivity contribution in [3.63, 3.8) is 0 Å². The standard InChI is InChI=1S/C33H53N3O4/c1-5-6-7-8-9-10-11-12-13-14-15-16-17-19-24-27(25-28(37)38)31(39)34-29(33(2,3)4)32-35-30(36-40-32)26-22-20-18-21-23-26/h18,20-23,27,29H,5-17,19,24-25H2,1-4H3,(H,34,39)(H,37,38)/t27-,29+/m0/s1. The fourth-order valence-electron chi connectivity index (χ4n) is 5.09. The predicted molar refractivity (Wildman–Crippen MR) is 161 cm³/mol. The number of rotatable bonds is 21. The van der Waals surface area contributed by atoms with Gasteiger partial charge in [0.15, 0.2) is 0 Å². The maximum absolute atomic E-state index is 13.3. The minimum Gasteiger partial charge on any atom is -0.481 e. The van der Waals surface area contributed by atoms with Crippen molar-refractivity contribution in [2.45, 2.75) is 136 Å². The van der Waals surface area contributed by atoms with Crippen LogP contribution in [-0.2, 0) is 9.59 Å². The number of unbranched alkanes of at least 4 members (excludes halogenated alkanes) is 13. The van der Waals surface area contributed by atoms with Gasteiger partial charge in [0.1, 0.15) is 6.04 Å². The van der Waals surface area contributed by atoms with Crippen molar-refractivity contribution in [1.82, 2.24) is 15.5 Å². The fraction of sp³-hybridized carbons (Fsp3) is 0.697. The molecule has 224 valence electrons. The Balaban J connectivity index is 1.77. The minimum atomic E-state index is -0.957. The highest BCUT2D eigenvalue weighted by Gasteiger charge is 2.35. The first kappa shape index (κ1) is 33.5. The van der Waals surface area contributed by atoms with Gasteiger partial charge in [-0.25, -0.2) is 0 Å². The monoisotopic (exact) mass is 555 g/mol. The lowest BCUT2D eigenvalue weighted by Gasteiger charge is -2.29.